The van der Waals surface area contributed by atoms with Crippen molar-refractivity contribution in [3.8, 4) is 0 Å². The van der Waals surface area contributed by atoms with Gasteiger partial charge in [0.05, 0.1) is 11.2 Å². The molecule has 0 spiro atoms. The summed E-state index contributed by atoms with van der Waals surface area (Å²) >= 11 is 0. The van der Waals surface area contributed by atoms with E-state index in [4.69, 9.17) is 0 Å². The molecular weight excluding hydrogens is 255 g/mol. The highest BCUT2D eigenvalue weighted by molar-refractivity contribution is 5.84. The monoisotopic (exact) mass is 268 g/mol. The van der Waals surface area contributed by atoms with E-state index in [1.807, 2.05) is 0 Å². The third-order valence-corrected chi connectivity index (χ3v) is 3.85. The van der Waals surface area contributed by atoms with Crippen LogP contribution in [0.5, 0.6) is 0 Å². The third-order valence-electron chi connectivity index (χ3n) is 3.85. The minimum atomic E-state index is -0.243. The van der Waals surface area contributed by atoms with Crippen molar-refractivity contribution in [3.63, 3.8) is 0 Å². The molecule has 4 nitrogen and oxygen atoms in total. The Morgan fingerprint density at radius 1 is 1.30 bits per heavy atom. The Labute approximate surface area is 115 Å². The second kappa shape index (κ2) is 4.37. The number of hydrogen-bond donors (Lipinski definition) is 0. The summed E-state index contributed by atoms with van der Waals surface area (Å²) in [6, 6.07) is 4.78. The molecule has 100 valence electrons. The molecule has 0 saturated carbocycles. The van der Waals surface area contributed by atoms with Crippen molar-refractivity contribution in [2.45, 2.75) is 25.2 Å². The van der Waals surface area contributed by atoms with Crippen molar-refractivity contribution >= 4 is 16.7 Å². The van der Waals surface area contributed by atoms with E-state index in [-0.39, 0.29) is 11.7 Å². The Bertz CT molecular complexity index is 821. The number of aromatic nitrogens is 4. The first-order valence-corrected chi connectivity index (χ1v) is 6.78. The van der Waals surface area contributed by atoms with Crippen LogP contribution in [0.15, 0.2) is 36.7 Å². The minimum absolute atomic E-state index is 0.231. The standard InChI is InChI=1S/C15H13FN4/c16-11-6-7-13-12(8-11)14(10-4-2-1-3-5-10)18-15-19-17-9-20(13)15/h2,4,6-10H,1,3,5H2. The van der Waals surface area contributed by atoms with Crippen LogP contribution in [0.3, 0.4) is 0 Å². The van der Waals surface area contributed by atoms with Gasteiger partial charge in [-0.15, -0.1) is 10.2 Å². The Balaban J connectivity index is 2.07. The summed E-state index contributed by atoms with van der Waals surface area (Å²) in [7, 11) is 0. The maximum Gasteiger partial charge on any atom is 0.255 e. The highest BCUT2D eigenvalue weighted by Gasteiger charge is 2.18. The molecule has 0 amide bonds. The molecule has 20 heavy (non-hydrogen) atoms. The van der Waals surface area contributed by atoms with E-state index >= 15 is 0 Å². The van der Waals surface area contributed by atoms with Gasteiger partial charge in [-0.25, -0.2) is 9.37 Å². The van der Waals surface area contributed by atoms with E-state index in [2.05, 4.69) is 27.3 Å². The quantitative estimate of drug-likeness (QED) is 0.636. The van der Waals surface area contributed by atoms with Gasteiger partial charge < -0.3 is 0 Å². The van der Waals surface area contributed by atoms with Gasteiger partial charge in [0.25, 0.3) is 5.78 Å². The molecule has 3 aromatic rings. The molecule has 1 unspecified atom stereocenters. The Kier molecular flexibility index (Phi) is 2.52. The van der Waals surface area contributed by atoms with Crippen LogP contribution >= 0.6 is 0 Å². The maximum atomic E-state index is 13.6. The molecule has 0 N–H and O–H groups in total. The first kappa shape index (κ1) is 11.5. The molecule has 2 aromatic heterocycles. The van der Waals surface area contributed by atoms with Crippen molar-refractivity contribution in [1.29, 1.82) is 0 Å². The van der Waals surface area contributed by atoms with Gasteiger partial charge in [0, 0.05) is 11.3 Å². The van der Waals surface area contributed by atoms with Crippen LogP contribution in [0.4, 0.5) is 4.39 Å². The molecular formula is C15H13FN4. The largest absolute Gasteiger partial charge is 0.265 e. The van der Waals surface area contributed by atoms with Gasteiger partial charge in [-0.1, -0.05) is 12.2 Å². The van der Waals surface area contributed by atoms with Crippen LogP contribution in [0, 0.1) is 5.82 Å². The number of hydrogen-bond acceptors (Lipinski definition) is 3. The summed E-state index contributed by atoms with van der Waals surface area (Å²) in [6.07, 6.45) is 9.24. The van der Waals surface area contributed by atoms with Crippen LogP contribution in [0.2, 0.25) is 0 Å². The van der Waals surface area contributed by atoms with E-state index in [1.54, 1.807) is 22.9 Å². The lowest BCUT2D eigenvalue weighted by Gasteiger charge is -2.18. The van der Waals surface area contributed by atoms with Crippen molar-refractivity contribution in [2.24, 2.45) is 0 Å². The summed E-state index contributed by atoms with van der Waals surface area (Å²) in [6.45, 7) is 0. The molecule has 5 heteroatoms. The number of benzene rings is 1. The van der Waals surface area contributed by atoms with Gasteiger partial charge in [0.2, 0.25) is 0 Å². The lowest BCUT2D eigenvalue weighted by atomic mass is 9.91. The number of halogens is 1. The Morgan fingerprint density at radius 2 is 2.25 bits per heavy atom. The van der Waals surface area contributed by atoms with Gasteiger partial charge in [0.15, 0.2) is 0 Å². The lowest BCUT2D eigenvalue weighted by molar-refractivity contribution is 0.627. The van der Waals surface area contributed by atoms with Crippen LogP contribution in [0.25, 0.3) is 16.7 Å². The van der Waals surface area contributed by atoms with Crippen molar-refractivity contribution in [1.82, 2.24) is 19.6 Å². The molecule has 0 aliphatic heterocycles. The number of fused-ring (bicyclic) bond motifs is 3. The molecule has 1 aromatic carbocycles. The van der Waals surface area contributed by atoms with E-state index in [0.29, 0.717) is 5.78 Å². The van der Waals surface area contributed by atoms with Crippen LogP contribution < -0.4 is 0 Å². The van der Waals surface area contributed by atoms with E-state index in [9.17, 15) is 4.39 Å². The number of nitrogens with zero attached hydrogens (tertiary/aromatic N) is 4. The van der Waals surface area contributed by atoms with Crippen molar-refractivity contribution < 1.29 is 4.39 Å². The molecule has 0 fully saturated rings. The van der Waals surface area contributed by atoms with Crippen LogP contribution in [-0.2, 0) is 0 Å². The smallest absolute Gasteiger partial charge is 0.255 e. The number of allylic oxidation sites excluding steroid dienone is 2. The normalized spacial score (nSPS) is 18.9. The topological polar surface area (TPSA) is 43.1 Å². The molecule has 1 atom stereocenters. The summed E-state index contributed by atoms with van der Waals surface area (Å²) in [5.74, 6) is 0.556. The van der Waals surface area contributed by atoms with Gasteiger partial charge in [0.1, 0.15) is 12.1 Å². The fourth-order valence-corrected chi connectivity index (χ4v) is 2.89. The van der Waals surface area contributed by atoms with Gasteiger partial charge in [-0.3, -0.25) is 4.40 Å². The predicted molar refractivity (Wildman–Crippen MR) is 74.0 cm³/mol. The average Bonchev–Trinajstić information content (AvgIpc) is 2.95. The fraction of sp³-hybridized carbons (Fsp3) is 0.267. The minimum Gasteiger partial charge on any atom is -0.265 e. The third kappa shape index (κ3) is 1.70. The summed E-state index contributed by atoms with van der Waals surface area (Å²) in [5, 5.41) is 8.77. The summed E-state index contributed by atoms with van der Waals surface area (Å²) in [5.41, 5.74) is 1.80. The van der Waals surface area contributed by atoms with Crippen molar-refractivity contribution in [3.05, 3.63) is 48.2 Å². The SMILES string of the molecule is Fc1ccc2c(c1)c(C1C=CCCC1)nc1nncn12. The van der Waals surface area contributed by atoms with E-state index in [1.165, 1.54) is 6.07 Å². The van der Waals surface area contributed by atoms with Crippen molar-refractivity contribution in [2.75, 3.05) is 0 Å². The van der Waals surface area contributed by atoms with E-state index < -0.39 is 0 Å². The zero-order chi connectivity index (χ0) is 13.5. The summed E-state index contributed by atoms with van der Waals surface area (Å²) in [4.78, 5) is 4.60. The summed E-state index contributed by atoms with van der Waals surface area (Å²) < 4.78 is 15.4. The Morgan fingerprint density at radius 3 is 3.10 bits per heavy atom. The second-order valence-electron chi connectivity index (χ2n) is 5.13. The molecule has 0 saturated heterocycles. The highest BCUT2D eigenvalue weighted by Crippen LogP contribution is 2.32. The molecule has 2 heterocycles. The molecule has 0 bridgehead atoms. The van der Waals surface area contributed by atoms with E-state index in [0.717, 1.165) is 35.9 Å². The molecule has 4 rings (SSSR count). The zero-order valence-electron chi connectivity index (χ0n) is 10.8. The number of rotatable bonds is 1. The predicted octanol–water partition coefficient (Wildman–Crippen LogP) is 3.24. The van der Waals surface area contributed by atoms with Gasteiger partial charge >= 0.3 is 0 Å². The maximum absolute atomic E-state index is 13.6. The zero-order valence-corrected chi connectivity index (χ0v) is 10.8. The second-order valence-corrected chi connectivity index (χ2v) is 5.13. The van der Waals surface area contributed by atoms with Crippen LogP contribution in [0.1, 0.15) is 30.9 Å². The van der Waals surface area contributed by atoms with Gasteiger partial charge in [-0.05, 0) is 37.5 Å². The average molecular weight is 268 g/mol. The van der Waals surface area contributed by atoms with Gasteiger partial charge in [-0.2, -0.15) is 0 Å². The first-order chi connectivity index (χ1) is 9.83. The Hall–Kier alpha value is -2.30. The fourth-order valence-electron chi connectivity index (χ4n) is 2.89. The molecule has 1 aliphatic carbocycles. The molecule has 0 radical (unpaired) electrons. The van der Waals surface area contributed by atoms with Crippen LogP contribution in [-0.4, -0.2) is 19.6 Å². The lowest BCUT2D eigenvalue weighted by Crippen LogP contribution is -2.06. The first-order valence-electron chi connectivity index (χ1n) is 6.78. The highest BCUT2D eigenvalue weighted by atomic mass is 19.1. The molecule has 1 aliphatic rings.